The third kappa shape index (κ3) is 2.72. The van der Waals surface area contributed by atoms with Gasteiger partial charge in [-0.2, -0.15) is 0 Å². The van der Waals surface area contributed by atoms with Gasteiger partial charge < -0.3 is 0 Å². The van der Waals surface area contributed by atoms with Gasteiger partial charge in [-0.05, 0) is 44.5 Å². The smallest absolute Gasteiger partial charge is 0.0282 e. The van der Waals surface area contributed by atoms with E-state index < -0.39 is 0 Å². The molecule has 0 nitrogen and oxygen atoms in total. The Bertz CT molecular complexity index is 362. The normalized spacial score (nSPS) is 11.1. The third-order valence-electron chi connectivity index (χ3n) is 2.66. The van der Waals surface area contributed by atoms with Crippen LogP contribution >= 0.6 is 15.9 Å². The molecule has 0 unspecified atom stereocenters. The fraction of sp³-hybridized carbons (Fsp3) is 0.429. The molecule has 82 valence electrons. The summed E-state index contributed by atoms with van der Waals surface area (Å²) in [6.45, 7) is 12.7. The van der Waals surface area contributed by atoms with Crippen LogP contribution in [0.25, 0.3) is 6.08 Å². The highest BCUT2D eigenvalue weighted by molar-refractivity contribution is 9.10. The fourth-order valence-corrected chi connectivity index (χ4v) is 2.44. The van der Waals surface area contributed by atoms with Crippen LogP contribution in [-0.2, 0) is 0 Å². The lowest BCUT2D eigenvalue weighted by molar-refractivity contribution is 0.829. The van der Waals surface area contributed by atoms with Crippen LogP contribution in [0.3, 0.4) is 0 Å². The van der Waals surface area contributed by atoms with E-state index in [4.69, 9.17) is 0 Å². The van der Waals surface area contributed by atoms with Gasteiger partial charge in [0.25, 0.3) is 0 Å². The van der Waals surface area contributed by atoms with Crippen LogP contribution in [0.5, 0.6) is 0 Å². The summed E-state index contributed by atoms with van der Waals surface area (Å²) in [5, 5.41) is 0. The lowest BCUT2D eigenvalue weighted by Gasteiger charge is -2.15. The van der Waals surface area contributed by atoms with Crippen molar-refractivity contribution in [2.75, 3.05) is 0 Å². The lowest BCUT2D eigenvalue weighted by Crippen LogP contribution is -1.97. The molecule has 0 atom stereocenters. The molecular formula is C14H19Br. The van der Waals surface area contributed by atoms with Crippen LogP contribution in [-0.4, -0.2) is 0 Å². The molecule has 0 heterocycles. The van der Waals surface area contributed by atoms with Gasteiger partial charge in [-0.1, -0.05) is 52.5 Å². The number of rotatable bonds is 3. The Balaban J connectivity index is 3.38. The van der Waals surface area contributed by atoms with Crippen molar-refractivity contribution in [3.8, 4) is 0 Å². The summed E-state index contributed by atoms with van der Waals surface area (Å²) >= 11 is 3.65. The summed E-state index contributed by atoms with van der Waals surface area (Å²) in [5.41, 5.74) is 3.96. The number of halogens is 1. The second-order valence-corrected chi connectivity index (χ2v) is 5.32. The maximum Gasteiger partial charge on any atom is 0.0282 e. The van der Waals surface area contributed by atoms with E-state index in [1.165, 1.54) is 21.2 Å². The summed E-state index contributed by atoms with van der Waals surface area (Å²) in [6, 6.07) is 4.51. The van der Waals surface area contributed by atoms with Gasteiger partial charge in [-0.15, -0.1) is 0 Å². The second kappa shape index (κ2) is 4.98. The average molecular weight is 267 g/mol. The number of hydrogen-bond acceptors (Lipinski definition) is 0. The molecule has 0 radical (unpaired) electrons. The number of benzene rings is 1. The molecule has 0 fully saturated rings. The minimum Gasteiger partial charge on any atom is -0.0984 e. The zero-order valence-electron chi connectivity index (χ0n) is 9.97. The van der Waals surface area contributed by atoms with Crippen LogP contribution in [0.15, 0.2) is 23.2 Å². The van der Waals surface area contributed by atoms with Crippen molar-refractivity contribution < 1.29 is 0 Å². The highest BCUT2D eigenvalue weighted by Gasteiger charge is 2.11. The van der Waals surface area contributed by atoms with Gasteiger partial charge in [0.2, 0.25) is 0 Å². The molecule has 0 saturated carbocycles. The van der Waals surface area contributed by atoms with Crippen molar-refractivity contribution in [2.45, 2.75) is 39.5 Å². The quantitative estimate of drug-likeness (QED) is 0.693. The number of hydrogen-bond donors (Lipinski definition) is 0. The predicted molar refractivity (Wildman–Crippen MR) is 72.4 cm³/mol. The SMILES string of the molecule is C=Cc1cc(C(C)C)cc(C(C)C)c1Br. The van der Waals surface area contributed by atoms with Crippen molar-refractivity contribution in [1.29, 1.82) is 0 Å². The standard InChI is InChI=1S/C14H19Br/c1-6-11-7-12(9(2)3)8-13(10(4)5)14(11)15/h6-10H,1H2,2-5H3. The van der Waals surface area contributed by atoms with Gasteiger partial charge in [-0.3, -0.25) is 0 Å². The molecule has 0 aliphatic carbocycles. The van der Waals surface area contributed by atoms with E-state index in [0.717, 1.165) is 0 Å². The first-order chi connectivity index (χ1) is 6.97. The molecule has 0 spiro atoms. The zero-order valence-corrected chi connectivity index (χ0v) is 11.6. The average Bonchev–Trinajstić information content (AvgIpc) is 2.17. The Kier molecular flexibility index (Phi) is 4.15. The van der Waals surface area contributed by atoms with Crippen LogP contribution in [0.1, 0.15) is 56.2 Å². The van der Waals surface area contributed by atoms with Crippen molar-refractivity contribution >= 4 is 22.0 Å². The summed E-state index contributed by atoms with van der Waals surface area (Å²) < 4.78 is 1.19. The predicted octanol–water partition coefficient (Wildman–Crippen LogP) is 5.34. The summed E-state index contributed by atoms with van der Waals surface area (Å²) in [7, 11) is 0. The van der Waals surface area contributed by atoms with Crippen molar-refractivity contribution in [3.05, 3.63) is 39.9 Å². The highest BCUT2D eigenvalue weighted by atomic mass is 79.9. The van der Waals surface area contributed by atoms with Crippen LogP contribution in [0, 0.1) is 0 Å². The third-order valence-corrected chi connectivity index (χ3v) is 3.58. The van der Waals surface area contributed by atoms with Gasteiger partial charge in [0.1, 0.15) is 0 Å². The summed E-state index contributed by atoms with van der Waals surface area (Å²) in [6.07, 6.45) is 1.92. The lowest BCUT2D eigenvalue weighted by atomic mass is 9.93. The molecule has 0 saturated heterocycles. The van der Waals surface area contributed by atoms with Gasteiger partial charge in [0, 0.05) is 4.47 Å². The molecule has 0 aromatic heterocycles. The minimum absolute atomic E-state index is 0.539. The van der Waals surface area contributed by atoms with Crippen LogP contribution in [0.2, 0.25) is 0 Å². The first-order valence-corrected chi connectivity index (χ1v) is 6.22. The monoisotopic (exact) mass is 266 g/mol. The summed E-state index contributed by atoms with van der Waals surface area (Å²) in [4.78, 5) is 0. The van der Waals surface area contributed by atoms with E-state index in [1.54, 1.807) is 0 Å². The Hall–Kier alpha value is -0.560. The van der Waals surface area contributed by atoms with Crippen molar-refractivity contribution in [2.24, 2.45) is 0 Å². The minimum atomic E-state index is 0.539. The molecule has 1 aromatic rings. The largest absolute Gasteiger partial charge is 0.0984 e. The van der Waals surface area contributed by atoms with E-state index in [1.807, 2.05) is 6.08 Å². The Labute approximate surface area is 102 Å². The van der Waals surface area contributed by atoms with Crippen molar-refractivity contribution in [3.63, 3.8) is 0 Å². The van der Waals surface area contributed by atoms with Crippen molar-refractivity contribution in [1.82, 2.24) is 0 Å². The van der Waals surface area contributed by atoms with E-state index in [2.05, 4.69) is 62.3 Å². The highest BCUT2D eigenvalue weighted by Crippen LogP contribution is 2.32. The molecule has 0 aliphatic heterocycles. The molecule has 1 heteroatoms. The Morgan fingerprint density at radius 1 is 1.13 bits per heavy atom. The molecule has 0 N–H and O–H groups in total. The first kappa shape index (κ1) is 12.5. The molecular weight excluding hydrogens is 248 g/mol. The molecule has 0 aliphatic rings. The van der Waals surface area contributed by atoms with E-state index >= 15 is 0 Å². The fourth-order valence-electron chi connectivity index (χ4n) is 1.60. The molecule has 0 bridgehead atoms. The maximum atomic E-state index is 3.86. The maximum absolute atomic E-state index is 3.86. The van der Waals surface area contributed by atoms with E-state index in [0.29, 0.717) is 11.8 Å². The topological polar surface area (TPSA) is 0 Å². The van der Waals surface area contributed by atoms with E-state index in [-0.39, 0.29) is 0 Å². The van der Waals surface area contributed by atoms with Gasteiger partial charge in [0.15, 0.2) is 0 Å². The van der Waals surface area contributed by atoms with Gasteiger partial charge >= 0.3 is 0 Å². The first-order valence-electron chi connectivity index (χ1n) is 5.43. The second-order valence-electron chi connectivity index (χ2n) is 4.53. The Morgan fingerprint density at radius 2 is 1.73 bits per heavy atom. The molecule has 0 amide bonds. The van der Waals surface area contributed by atoms with Gasteiger partial charge in [0.05, 0.1) is 0 Å². The van der Waals surface area contributed by atoms with E-state index in [9.17, 15) is 0 Å². The van der Waals surface area contributed by atoms with Crippen LogP contribution in [0.4, 0.5) is 0 Å². The Morgan fingerprint density at radius 3 is 2.13 bits per heavy atom. The zero-order chi connectivity index (χ0) is 11.6. The van der Waals surface area contributed by atoms with Crippen LogP contribution < -0.4 is 0 Å². The molecule has 15 heavy (non-hydrogen) atoms. The van der Waals surface area contributed by atoms with Gasteiger partial charge in [-0.25, -0.2) is 0 Å². The molecule has 1 rings (SSSR count). The molecule has 1 aromatic carbocycles. The summed E-state index contributed by atoms with van der Waals surface area (Å²) in [5.74, 6) is 1.10.